The van der Waals surface area contributed by atoms with Gasteiger partial charge in [0.05, 0.1) is 18.6 Å². The summed E-state index contributed by atoms with van der Waals surface area (Å²) in [6.45, 7) is 0.314. The highest BCUT2D eigenvalue weighted by Gasteiger charge is 2.57. The van der Waals surface area contributed by atoms with E-state index in [2.05, 4.69) is 0 Å². The van der Waals surface area contributed by atoms with Gasteiger partial charge in [-0.25, -0.2) is 0 Å². The standard InChI is InChI=1S/C20H20O7/c1-23-16-12-8-7-11-14(19(22)27-18(11)21)15(12)25-13-9-24-20(26-17(13)16)10-5-3-2-4-6-10/h2-6,8,11,13-17,20H,7,9H2,1H3/t11-,13-,14-,15+,16-,17-,20?/m1/s1. The Morgan fingerprint density at radius 2 is 1.89 bits per heavy atom. The highest BCUT2D eigenvalue weighted by molar-refractivity contribution is 5.97. The lowest BCUT2D eigenvalue weighted by Crippen LogP contribution is -2.59. The maximum Gasteiger partial charge on any atom is 0.320 e. The van der Waals surface area contributed by atoms with Crippen molar-refractivity contribution in [1.29, 1.82) is 0 Å². The summed E-state index contributed by atoms with van der Waals surface area (Å²) < 4.78 is 28.8. The van der Waals surface area contributed by atoms with Crippen molar-refractivity contribution in [2.45, 2.75) is 37.1 Å². The first-order valence-corrected chi connectivity index (χ1v) is 9.13. The van der Waals surface area contributed by atoms with Gasteiger partial charge in [0.2, 0.25) is 0 Å². The minimum Gasteiger partial charge on any atom is -0.393 e. The van der Waals surface area contributed by atoms with Crippen LogP contribution in [0.5, 0.6) is 0 Å². The number of methoxy groups -OCH3 is 1. The van der Waals surface area contributed by atoms with E-state index >= 15 is 0 Å². The lowest BCUT2D eigenvalue weighted by Gasteiger charge is -2.49. The molecule has 7 atom stereocenters. The van der Waals surface area contributed by atoms with E-state index < -0.39 is 36.2 Å². The van der Waals surface area contributed by atoms with Crippen LogP contribution in [0.15, 0.2) is 42.0 Å². The summed E-state index contributed by atoms with van der Waals surface area (Å²) in [4.78, 5) is 24.1. The van der Waals surface area contributed by atoms with Gasteiger partial charge >= 0.3 is 11.9 Å². The molecule has 7 heteroatoms. The Morgan fingerprint density at radius 3 is 2.67 bits per heavy atom. The fourth-order valence-electron chi connectivity index (χ4n) is 4.52. The summed E-state index contributed by atoms with van der Waals surface area (Å²) in [5.41, 5.74) is 1.77. The van der Waals surface area contributed by atoms with Crippen LogP contribution in [0.1, 0.15) is 18.3 Å². The van der Waals surface area contributed by atoms with E-state index in [1.54, 1.807) is 7.11 Å². The van der Waals surface area contributed by atoms with E-state index in [0.29, 0.717) is 13.0 Å². The van der Waals surface area contributed by atoms with Crippen LogP contribution >= 0.6 is 0 Å². The van der Waals surface area contributed by atoms with Crippen molar-refractivity contribution in [1.82, 2.24) is 0 Å². The number of hydrogen-bond acceptors (Lipinski definition) is 7. The normalized spacial score (nSPS) is 40.5. The van der Waals surface area contributed by atoms with Gasteiger partial charge in [0, 0.05) is 12.7 Å². The maximum absolute atomic E-state index is 12.2. The van der Waals surface area contributed by atoms with Crippen LogP contribution < -0.4 is 0 Å². The molecule has 142 valence electrons. The average Bonchev–Trinajstić information content (AvgIpc) is 3.00. The molecule has 27 heavy (non-hydrogen) atoms. The third-order valence-corrected chi connectivity index (χ3v) is 5.80. The molecule has 3 saturated heterocycles. The number of carbonyl (C=O) groups is 2. The van der Waals surface area contributed by atoms with Gasteiger partial charge in [-0.3, -0.25) is 9.59 Å². The van der Waals surface area contributed by atoms with Crippen molar-refractivity contribution in [3.05, 3.63) is 47.5 Å². The van der Waals surface area contributed by atoms with Gasteiger partial charge in [0.15, 0.2) is 6.29 Å². The van der Waals surface area contributed by atoms with Crippen LogP contribution in [0, 0.1) is 11.8 Å². The number of hydrogen-bond donors (Lipinski definition) is 0. The smallest absolute Gasteiger partial charge is 0.320 e. The summed E-state index contributed by atoms with van der Waals surface area (Å²) in [7, 11) is 1.62. The molecule has 5 rings (SSSR count). The van der Waals surface area contributed by atoms with Gasteiger partial charge in [0.1, 0.15) is 24.2 Å². The molecule has 3 heterocycles. The molecule has 4 aliphatic rings. The lowest BCUT2D eigenvalue weighted by molar-refractivity contribution is -0.303. The number of rotatable bonds is 2. The summed E-state index contributed by atoms with van der Waals surface area (Å²) >= 11 is 0. The molecule has 0 spiro atoms. The molecule has 0 amide bonds. The third kappa shape index (κ3) is 2.65. The van der Waals surface area contributed by atoms with Crippen LogP contribution in [-0.4, -0.2) is 50.1 Å². The fraction of sp³-hybridized carbons (Fsp3) is 0.500. The zero-order valence-electron chi connectivity index (χ0n) is 14.8. The van der Waals surface area contributed by atoms with Crippen LogP contribution in [0.3, 0.4) is 0 Å². The highest BCUT2D eigenvalue weighted by atomic mass is 16.7. The van der Waals surface area contributed by atoms with E-state index in [9.17, 15) is 9.59 Å². The molecular weight excluding hydrogens is 352 g/mol. The molecule has 0 radical (unpaired) electrons. The molecule has 0 saturated carbocycles. The molecule has 0 N–H and O–H groups in total. The Bertz CT molecular complexity index is 789. The summed E-state index contributed by atoms with van der Waals surface area (Å²) in [5.74, 6) is -2.10. The van der Waals surface area contributed by atoms with Gasteiger partial charge < -0.3 is 23.7 Å². The second-order valence-corrected chi connectivity index (χ2v) is 7.24. The van der Waals surface area contributed by atoms with E-state index in [0.717, 1.165) is 11.1 Å². The molecule has 1 unspecified atom stereocenters. The number of cyclic esters (lactones) is 2. The molecule has 0 aromatic heterocycles. The van der Waals surface area contributed by atoms with Crippen LogP contribution in [-0.2, 0) is 33.3 Å². The van der Waals surface area contributed by atoms with Crippen molar-refractivity contribution < 1.29 is 33.3 Å². The second-order valence-electron chi connectivity index (χ2n) is 7.24. The predicted octanol–water partition coefficient (Wildman–Crippen LogP) is 1.53. The number of ether oxygens (including phenoxy) is 5. The van der Waals surface area contributed by atoms with Crippen molar-refractivity contribution in [2.24, 2.45) is 11.8 Å². The van der Waals surface area contributed by atoms with Gasteiger partial charge in [-0.2, -0.15) is 0 Å². The highest BCUT2D eigenvalue weighted by Crippen LogP contribution is 2.46. The maximum atomic E-state index is 12.2. The van der Waals surface area contributed by atoms with Gasteiger partial charge in [-0.15, -0.1) is 0 Å². The minimum atomic E-state index is -0.622. The molecule has 0 bridgehead atoms. The van der Waals surface area contributed by atoms with Crippen LogP contribution in [0.4, 0.5) is 0 Å². The fourth-order valence-corrected chi connectivity index (χ4v) is 4.52. The average molecular weight is 372 g/mol. The number of allylic oxidation sites excluding steroid dienone is 1. The summed E-state index contributed by atoms with van der Waals surface area (Å²) in [6.07, 6.45) is 0.218. The number of fused-ring (bicyclic) bond motifs is 4. The monoisotopic (exact) mass is 372 g/mol. The summed E-state index contributed by atoms with van der Waals surface area (Å²) in [5, 5.41) is 0. The SMILES string of the molecule is CO[C@@H]1C2=CC[C@H]3C(=O)OC(=O)[C@H]3[C@H]2O[C@@H]2COC(c3ccccc3)O[C@@H]12. The molecule has 7 nitrogen and oxygen atoms in total. The first-order chi connectivity index (χ1) is 13.2. The number of benzene rings is 1. The van der Waals surface area contributed by atoms with Crippen molar-refractivity contribution >= 4 is 11.9 Å². The number of esters is 2. The third-order valence-electron chi connectivity index (χ3n) is 5.80. The van der Waals surface area contributed by atoms with Gasteiger partial charge in [-0.1, -0.05) is 36.4 Å². The Labute approximate surface area is 156 Å². The Balaban J connectivity index is 1.44. The second kappa shape index (κ2) is 6.53. The van der Waals surface area contributed by atoms with Gasteiger partial charge in [0.25, 0.3) is 0 Å². The number of carbonyl (C=O) groups excluding carboxylic acids is 2. The van der Waals surface area contributed by atoms with E-state index in [1.165, 1.54) is 0 Å². The van der Waals surface area contributed by atoms with Gasteiger partial charge in [-0.05, 0) is 12.0 Å². The van der Waals surface area contributed by atoms with Crippen molar-refractivity contribution in [2.75, 3.05) is 13.7 Å². The Hall–Kier alpha value is -2.06. The molecular formula is C20H20O7. The first-order valence-electron chi connectivity index (χ1n) is 9.13. The van der Waals surface area contributed by atoms with E-state index in [1.807, 2.05) is 36.4 Å². The van der Waals surface area contributed by atoms with Crippen molar-refractivity contribution in [3.63, 3.8) is 0 Å². The predicted molar refractivity (Wildman–Crippen MR) is 90.2 cm³/mol. The topological polar surface area (TPSA) is 80.3 Å². The summed E-state index contributed by atoms with van der Waals surface area (Å²) in [6, 6.07) is 9.70. The molecule has 1 aromatic carbocycles. The zero-order valence-corrected chi connectivity index (χ0v) is 14.8. The molecule has 3 fully saturated rings. The van der Waals surface area contributed by atoms with E-state index in [4.69, 9.17) is 23.7 Å². The largest absolute Gasteiger partial charge is 0.393 e. The molecule has 1 aliphatic carbocycles. The van der Waals surface area contributed by atoms with Crippen LogP contribution in [0.2, 0.25) is 0 Å². The molecule has 3 aliphatic heterocycles. The Morgan fingerprint density at radius 1 is 1.07 bits per heavy atom. The molecule has 1 aromatic rings. The van der Waals surface area contributed by atoms with Crippen LogP contribution in [0.25, 0.3) is 0 Å². The lowest BCUT2D eigenvalue weighted by atomic mass is 9.74. The first kappa shape index (κ1) is 17.1. The van der Waals surface area contributed by atoms with E-state index in [-0.39, 0.29) is 18.3 Å². The minimum absolute atomic E-state index is 0.314. The quantitative estimate of drug-likeness (QED) is 0.442. The Kier molecular flexibility index (Phi) is 4.12. The van der Waals surface area contributed by atoms with Crippen molar-refractivity contribution in [3.8, 4) is 0 Å². The zero-order chi connectivity index (χ0) is 18.5.